The second-order valence-electron chi connectivity index (χ2n) is 6.20. The number of nitrogens with zero attached hydrogens (tertiary/aromatic N) is 2. The van der Waals surface area contributed by atoms with Gasteiger partial charge in [0.2, 0.25) is 5.91 Å². The molecule has 1 amide bonds. The Hall–Kier alpha value is -2.10. The van der Waals surface area contributed by atoms with E-state index in [2.05, 4.69) is 24.2 Å². The standard InChI is InChI=1S/C19H24N2O2/c1-2-7-16-14-17(20-23-16)18-10-6-13-21(18)19(22)12-11-15-8-4-3-5-9-15/h3-5,8-9,14,18H,2,6-7,10-13H2,1H3/t18-/m0/s1. The first-order valence-electron chi connectivity index (χ1n) is 8.57. The SMILES string of the molecule is CCCc1cc([C@@H]2CCCN2C(=O)CCc2ccccc2)no1. The van der Waals surface area contributed by atoms with Gasteiger partial charge >= 0.3 is 0 Å². The van der Waals surface area contributed by atoms with Gasteiger partial charge in [-0.15, -0.1) is 0 Å². The van der Waals surface area contributed by atoms with E-state index in [9.17, 15) is 4.79 Å². The van der Waals surface area contributed by atoms with E-state index in [1.807, 2.05) is 29.2 Å². The fraction of sp³-hybridized carbons (Fsp3) is 0.474. The van der Waals surface area contributed by atoms with E-state index in [1.165, 1.54) is 5.56 Å². The first kappa shape index (κ1) is 15.8. The molecule has 0 N–H and O–H groups in total. The number of likely N-dealkylation sites (tertiary alicyclic amines) is 1. The molecular weight excluding hydrogens is 288 g/mol. The van der Waals surface area contributed by atoms with Crippen molar-refractivity contribution < 1.29 is 9.32 Å². The third kappa shape index (κ3) is 3.81. The van der Waals surface area contributed by atoms with Crippen molar-refractivity contribution in [2.45, 2.75) is 51.5 Å². The van der Waals surface area contributed by atoms with Gasteiger partial charge in [0.05, 0.1) is 6.04 Å². The monoisotopic (exact) mass is 312 g/mol. The summed E-state index contributed by atoms with van der Waals surface area (Å²) in [6.07, 6.45) is 5.32. The van der Waals surface area contributed by atoms with Crippen LogP contribution in [0.3, 0.4) is 0 Å². The van der Waals surface area contributed by atoms with E-state index in [0.717, 1.165) is 50.1 Å². The largest absolute Gasteiger partial charge is 0.361 e. The van der Waals surface area contributed by atoms with Gasteiger partial charge in [-0.1, -0.05) is 42.4 Å². The number of carbonyl (C=O) groups is 1. The summed E-state index contributed by atoms with van der Waals surface area (Å²) in [5.74, 6) is 1.14. The van der Waals surface area contributed by atoms with Gasteiger partial charge in [0.1, 0.15) is 11.5 Å². The minimum absolute atomic E-state index is 0.0904. The topological polar surface area (TPSA) is 46.3 Å². The second-order valence-corrected chi connectivity index (χ2v) is 6.20. The van der Waals surface area contributed by atoms with Gasteiger partial charge in [0.15, 0.2) is 0 Å². The fourth-order valence-electron chi connectivity index (χ4n) is 3.26. The zero-order valence-electron chi connectivity index (χ0n) is 13.7. The molecule has 2 aromatic rings. The lowest BCUT2D eigenvalue weighted by atomic mass is 10.1. The summed E-state index contributed by atoms with van der Waals surface area (Å²) in [6, 6.07) is 12.3. The number of carbonyl (C=O) groups excluding carboxylic acids is 1. The van der Waals surface area contributed by atoms with Gasteiger partial charge in [0.25, 0.3) is 0 Å². The van der Waals surface area contributed by atoms with E-state index in [-0.39, 0.29) is 11.9 Å². The molecule has 1 saturated heterocycles. The van der Waals surface area contributed by atoms with Crippen LogP contribution in [0.5, 0.6) is 0 Å². The van der Waals surface area contributed by atoms with Crippen LogP contribution >= 0.6 is 0 Å². The predicted octanol–water partition coefficient (Wildman–Crippen LogP) is 3.92. The molecule has 0 aliphatic carbocycles. The number of benzene rings is 1. The average molecular weight is 312 g/mol. The van der Waals surface area contributed by atoms with E-state index in [0.29, 0.717) is 6.42 Å². The molecule has 1 fully saturated rings. The van der Waals surface area contributed by atoms with Gasteiger partial charge in [-0.25, -0.2) is 0 Å². The maximum Gasteiger partial charge on any atom is 0.223 e. The molecule has 2 heterocycles. The highest BCUT2D eigenvalue weighted by Crippen LogP contribution is 2.32. The highest BCUT2D eigenvalue weighted by atomic mass is 16.5. The quantitative estimate of drug-likeness (QED) is 0.812. The van der Waals surface area contributed by atoms with E-state index in [4.69, 9.17) is 4.52 Å². The highest BCUT2D eigenvalue weighted by molar-refractivity contribution is 5.77. The van der Waals surface area contributed by atoms with Gasteiger partial charge in [0, 0.05) is 25.5 Å². The molecule has 0 radical (unpaired) electrons. The summed E-state index contributed by atoms with van der Waals surface area (Å²) in [4.78, 5) is 14.6. The third-order valence-electron chi connectivity index (χ3n) is 4.46. The zero-order chi connectivity index (χ0) is 16.1. The molecule has 1 aliphatic rings. The molecule has 1 aromatic heterocycles. The molecule has 1 aliphatic heterocycles. The summed E-state index contributed by atoms with van der Waals surface area (Å²) in [7, 11) is 0. The van der Waals surface area contributed by atoms with Crippen molar-refractivity contribution in [3.63, 3.8) is 0 Å². The van der Waals surface area contributed by atoms with Crippen LogP contribution in [0.4, 0.5) is 0 Å². The predicted molar refractivity (Wildman–Crippen MR) is 88.9 cm³/mol. The lowest BCUT2D eigenvalue weighted by Crippen LogP contribution is -2.30. The molecule has 4 heteroatoms. The summed E-state index contributed by atoms with van der Waals surface area (Å²) in [5.41, 5.74) is 2.13. The molecule has 1 atom stereocenters. The normalized spacial score (nSPS) is 17.6. The molecular formula is C19H24N2O2. The molecule has 23 heavy (non-hydrogen) atoms. The summed E-state index contributed by atoms with van der Waals surface area (Å²) in [6.45, 7) is 2.95. The minimum atomic E-state index is 0.0904. The maximum atomic E-state index is 12.6. The molecule has 3 rings (SSSR count). The van der Waals surface area contributed by atoms with E-state index >= 15 is 0 Å². The summed E-state index contributed by atoms with van der Waals surface area (Å²) < 4.78 is 5.39. The van der Waals surface area contributed by atoms with Crippen LogP contribution in [0.25, 0.3) is 0 Å². The Labute approximate surface area is 137 Å². The highest BCUT2D eigenvalue weighted by Gasteiger charge is 2.31. The maximum absolute atomic E-state index is 12.6. The van der Waals surface area contributed by atoms with Gasteiger partial charge < -0.3 is 9.42 Å². The van der Waals surface area contributed by atoms with Crippen LogP contribution in [0, 0.1) is 0 Å². The molecule has 0 spiro atoms. The number of hydrogen-bond donors (Lipinski definition) is 0. The Morgan fingerprint density at radius 2 is 2.13 bits per heavy atom. The molecule has 0 bridgehead atoms. The van der Waals surface area contributed by atoms with Crippen LogP contribution in [0.1, 0.15) is 55.7 Å². The molecule has 122 valence electrons. The van der Waals surface area contributed by atoms with Crippen molar-refractivity contribution in [1.82, 2.24) is 10.1 Å². The molecule has 0 saturated carbocycles. The number of rotatable bonds is 6. The third-order valence-corrected chi connectivity index (χ3v) is 4.46. The molecule has 0 unspecified atom stereocenters. The Bertz CT molecular complexity index is 636. The van der Waals surface area contributed by atoms with Gasteiger partial charge in [-0.3, -0.25) is 4.79 Å². The lowest BCUT2D eigenvalue weighted by molar-refractivity contribution is -0.132. The average Bonchev–Trinajstić information content (AvgIpc) is 3.22. The molecule has 4 nitrogen and oxygen atoms in total. The summed E-state index contributed by atoms with van der Waals surface area (Å²) >= 11 is 0. The second kappa shape index (κ2) is 7.44. The van der Waals surface area contributed by atoms with Crippen LogP contribution < -0.4 is 0 Å². The molecule has 1 aromatic carbocycles. The number of aromatic nitrogens is 1. The Morgan fingerprint density at radius 3 is 2.91 bits per heavy atom. The Kier molecular flexibility index (Phi) is 5.11. The van der Waals surface area contributed by atoms with E-state index < -0.39 is 0 Å². The zero-order valence-corrected chi connectivity index (χ0v) is 13.7. The number of aryl methyl sites for hydroxylation is 2. The van der Waals surface area contributed by atoms with Crippen LogP contribution in [-0.4, -0.2) is 22.5 Å². The van der Waals surface area contributed by atoms with Crippen LogP contribution in [-0.2, 0) is 17.6 Å². The van der Waals surface area contributed by atoms with Crippen molar-refractivity contribution in [1.29, 1.82) is 0 Å². The van der Waals surface area contributed by atoms with Crippen molar-refractivity contribution in [3.8, 4) is 0 Å². The van der Waals surface area contributed by atoms with Gasteiger partial charge in [-0.2, -0.15) is 0 Å². The van der Waals surface area contributed by atoms with Crippen LogP contribution in [0.2, 0.25) is 0 Å². The Morgan fingerprint density at radius 1 is 1.30 bits per heavy atom. The Balaban J connectivity index is 1.62. The fourth-order valence-corrected chi connectivity index (χ4v) is 3.26. The van der Waals surface area contributed by atoms with Crippen molar-refractivity contribution >= 4 is 5.91 Å². The van der Waals surface area contributed by atoms with Crippen molar-refractivity contribution in [3.05, 3.63) is 53.4 Å². The smallest absolute Gasteiger partial charge is 0.223 e. The lowest BCUT2D eigenvalue weighted by Gasteiger charge is -2.23. The van der Waals surface area contributed by atoms with Crippen molar-refractivity contribution in [2.24, 2.45) is 0 Å². The first-order valence-corrected chi connectivity index (χ1v) is 8.57. The first-order chi connectivity index (χ1) is 11.3. The van der Waals surface area contributed by atoms with Gasteiger partial charge in [-0.05, 0) is 31.2 Å². The van der Waals surface area contributed by atoms with Crippen LogP contribution in [0.15, 0.2) is 40.9 Å². The number of amides is 1. The minimum Gasteiger partial charge on any atom is -0.361 e. The summed E-state index contributed by atoms with van der Waals surface area (Å²) in [5, 5.41) is 4.20. The van der Waals surface area contributed by atoms with Crippen molar-refractivity contribution in [2.75, 3.05) is 6.54 Å². The number of hydrogen-bond acceptors (Lipinski definition) is 3. The van der Waals surface area contributed by atoms with E-state index in [1.54, 1.807) is 0 Å².